The molecule has 2 aromatic carbocycles. The van der Waals surface area contributed by atoms with Crippen LogP contribution in [0, 0.1) is 6.92 Å². The van der Waals surface area contributed by atoms with Crippen molar-refractivity contribution in [2.24, 2.45) is 0 Å². The molecule has 0 aliphatic carbocycles. The summed E-state index contributed by atoms with van der Waals surface area (Å²) >= 11 is 1.38. The van der Waals surface area contributed by atoms with Gasteiger partial charge in [-0.2, -0.15) is 0 Å². The Morgan fingerprint density at radius 1 is 1.07 bits per heavy atom. The Bertz CT molecular complexity index is 1120. The predicted octanol–water partition coefficient (Wildman–Crippen LogP) is 4.56. The maximum absolute atomic E-state index is 12.5. The molecule has 0 unspecified atom stereocenters. The fourth-order valence-corrected chi connectivity index (χ4v) is 4.59. The summed E-state index contributed by atoms with van der Waals surface area (Å²) in [5.74, 6) is 0.423. The molecule has 1 amide bonds. The number of nitrogens with zero attached hydrogens (tertiary/aromatic N) is 1. The lowest BCUT2D eigenvalue weighted by Crippen LogP contribution is -2.15. The summed E-state index contributed by atoms with van der Waals surface area (Å²) in [6.07, 6.45) is 0. The standard InChI is InChI=1S/C21H22N2O4S2/c1-13(2)29(25,26)18-11-7-16(8-12-18)20(24)23-21-22-19(14(3)28-21)15-5-9-17(27-4)10-6-15/h5-13H,1-4H3,(H,22,23,24). The number of sulfone groups is 1. The average molecular weight is 431 g/mol. The number of thiazole rings is 1. The molecule has 29 heavy (non-hydrogen) atoms. The molecule has 0 saturated carbocycles. The van der Waals surface area contributed by atoms with Crippen molar-refractivity contribution in [2.75, 3.05) is 12.4 Å². The average Bonchev–Trinajstić information content (AvgIpc) is 3.08. The van der Waals surface area contributed by atoms with Gasteiger partial charge < -0.3 is 4.74 Å². The highest BCUT2D eigenvalue weighted by Crippen LogP contribution is 2.31. The van der Waals surface area contributed by atoms with E-state index in [2.05, 4.69) is 10.3 Å². The van der Waals surface area contributed by atoms with Gasteiger partial charge in [-0.25, -0.2) is 13.4 Å². The van der Waals surface area contributed by atoms with Gasteiger partial charge in [0.15, 0.2) is 15.0 Å². The molecule has 0 atom stereocenters. The Morgan fingerprint density at radius 3 is 2.24 bits per heavy atom. The predicted molar refractivity (Wildman–Crippen MR) is 116 cm³/mol. The molecule has 0 spiro atoms. The number of methoxy groups -OCH3 is 1. The van der Waals surface area contributed by atoms with Crippen molar-refractivity contribution in [3.8, 4) is 17.0 Å². The van der Waals surface area contributed by atoms with Crippen molar-refractivity contribution in [3.05, 3.63) is 59.0 Å². The molecular formula is C21H22N2O4S2. The van der Waals surface area contributed by atoms with Gasteiger partial charge in [0.2, 0.25) is 0 Å². The minimum Gasteiger partial charge on any atom is -0.497 e. The van der Waals surface area contributed by atoms with Crippen molar-refractivity contribution in [1.29, 1.82) is 0 Å². The van der Waals surface area contributed by atoms with Crippen LogP contribution < -0.4 is 10.1 Å². The Kier molecular flexibility index (Phi) is 6.04. The van der Waals surface area contributed by atoms with E-state index in [1.54, 1.807) is 21.0 Å². The zero-order valence-electron chi connectivity index (χ0n) is 16.6. The van der Waals surface area contributed by atoms with Crippen LogP contribution in [-0.4, -0.2) is 31.7 Å². The monoisotopic (exact) mass is 430 g/mol. The minimum atomic E-state index is -3.37. The van der Waals surface area contributed by atoms with E-state index in [4.69, 9.17) is 4.74 Å². The van der Waals surface area contributed by atoms with Crippen LogP contribution in [-0.2, 0) is 9.84 Å². The maximum atomic E-state index is 12.5. The number of aryl methyl sites for hydroxylation is 1. The van der Waals surface area contributed by atoms with Crippen molar-refractivity contribution < 1.29 is 17.9 Å². The van der Waals surface area contributed by atoms with Crippen LogP contribution in [0.15, 0.2) is 53.4 Å². The summed E-state index contributed by atoms with van der Waals surface area (Å²) < 4.78 is 29.6. The molecule has 3 aromatic rings. The Hall–Kier alpha value is -2.71. The summed E-state index contributed by atoms with van der Waals surface area (Å²) in [5.41, 5.74) is 2.10. The molecule has 0 radical (unpaired) electrons. The number of rotatable bonds is 6. The van der Waals surface area contributed by atoms with Gasteiger partial charge in [0.05, 0.1) is 22.9 Å². The molecule has 152 valence electrons. The minimum absolute atomic E-state index is 0.205. The molecule has 0 saturated heterocycles. The molecule has 8 heteroatoms. The van der Waals surface area contributed by atoms with Crippen LogP contribution >= 0.6 is 11.3 Å². The van der Waals surface area contributed by atoms with Crippen LogP contribution in [0.2, 0.25) is 0 Å². The maximum Gasteiger partial charge on any atom is 0.257 e. The van der Waals surface area contributed by atoms with Crippen LogP contribution in [0.1, 0.15) is 29.1 Å². The van der Waals surface area contributed by atoms with Gasteiger partial charge >= 0.3 is 0 Å². The number of ether oxygens (including phenoxy) is 1. The third kappa shape index (κ3) is 4.49. The number of hydrogen-bond donors (Lipinski definition) is 1. The zero-order chi connectivity index (χ0) is 21.2. The van der Waals surface area contributed by atoms with Gasteiger partial charge in [-0.1, -0.05) is 0 Å². The molecule has 6 nitrogen and oxygen atoms in total. The van der Waals surface area contributed by atoms with E-state index in [1.165, 1.54) is 35.6 Å². The first kappa shape index (κ1) is 21.0. The summed E-state index contributed by atoms with van der Waals surface area (Å²) in [6, 6.07) is 13.5. The first-order chi connectivity index (χ1) is 13.7. The lowest BCUT2D eigenvalue weighted by Gasteiger charge is -2.08. The van der Waals surface area contributed by atoms with Crippen molar-refractivity contribution in [2.45, 2.75) is 30.9 Å². The lowest BCUT2D eigenvalue weighted by molar-refractivity contribution is 0.102. The number of aromatic nitrogens is 1. The highest BCUT2D eigenvalue weighted by Gasteiger charge is 2.20. The first-order valence-corrected chi connectivity index (χ1v) is 11.4. The molecule has 0 aliphatic rings. The van der Waals surface area contributed by atoms with E-state index >= 15 is 0 Å². The molecule has 3 rings (SSSR count). The van der Waals surface area contributed by atoms with Gasteiger partial charge in [0, 0.05) is 16.0 Å². The van der Waals surface area contributed by atoms with E-state index in [0.717, 1.165) is 21.9 Å². The molecular weight excluding hydrogens is 408 g/mol. The van der Waals surface area contributed by atoms with Crippen LogP contribution in [0.3, 0.4) is 0 Å². The summed E-state index contributed by atoms with van der Waals surface area (Å²) in [7, 11) is -1.75. The van der Waals surface area contributed by atoms with E-state index in [9.17, 15) is 13.2 Å². The second-order valence-electron chi connectivity index (χ2n) is 6.72. The highest BCUT2D eigenvalue weighted by atomic mass is 32.2. The fraction of sp³-hybridized carbons (Fsp3) is 0.238. The number of benzene rings is 2. The SMILES string of the molecule is COc1ccc(-c2nc(NC(=O)c3ccc(S(=O)(=O)C(C)C)cc3)sc2C)cc1. The van der Waals surface area contributed by atoms with E-state index < -0.39 is 15.1 Å². The van der Waals surface area contributed by atoms with Gasteiger partial charge in [-0.15, -0.1) is 11.3 Å². The van der Waals surface area contributed by atoms with E-state index in [1.807, 2.05) is 31.2 Å². The fourth-order valence-electron chi connectivity index (χ4n) is 2.70. The summed E-state index contributed by atoms with van der Waals surface area (Å²) in [5, 5.41) is 2.75. The van der Waals surface area contributed by atoms with Crippen LogP contribution in [0.4, 0.5) is 5.13 Å². The Balaban J connectivity index is 1.77. The second kappa shape index (κ2) is 8.34. The van der Waals surface area contributed by atoms with Gasteiger partial charge in [0.25, 0.3) is 5.91 Å². The van der Waals surface area contributed by atoms with Crippen molar-refractivity contribution in [1.82, 2.24) is 4.98 Å². The smallest absolute Gasteiger partial charge is 0.257 e. The molecule has 1 N–H and O–H groups in total. The summed E-state index contributed by atoms with van der Waals surface area (Å²) in [6.45, 7) is 5.20. The normalized spacial score (nSPS) is 11.5. The van der Waals surface area contributed by atoms with Crippen LogP contribution in [0.25, 0.3) is 11.3 Å². The summed E-state index contributed by atoms with van der Waals surface area (Å²) in [4.78, 5) is 18.3. The van der Waals surface area contributed by atoms with Crippen LogP contribution in [0.5, 0.6) is 5.75 Å². The molecule has 0 aliphatic heterocycles. The quantitative estimate of drug-likeness (QED) is 0.620. The third-order valence-electron chi connectivity index (χ3n) is 4.45. The van der Waals surface area contributed by atoms with Crippen molar-refractivity contribution in [3.63, 3.8) is 0 Å². The number of carbonyl (C=O) groups excluding carboxylic acids is 1. The number of hydrogen-bond acceptors (Lipinski definition) is 6. The molecule has 1 heterocycles. The zero-order valence-corrected chi connectivity index (χ0v) is 18.2. The molecule has 0 fully saturated rings. The van der Waals surface area contributed by atoms with Gasteiger partial charge in [0.1, 0.15) is 5.75 Å². The number of carbonyl (C=O) groups is 1. The number of amides is 1. The van der Waals surface area contributed by atoms with E-state index in [-0.39, 0.29) is 10.8 Å². The highest BCUT2D eigenvalue weighted by molar-refractivity contribution is 7.92. The molecule has 0 bridgehead atoms. The third-order valence-corrected chi connectivity index (χ3v) is 7.50. The Labute approximate surface area is 174 Å². The molecule has 1 aromatic heterocycles. The van der Waals surface area contributed by atoms with Gasteiger partial charge in [-0.3, -0.25) is 10.1 Å². The number of anilines is 1. The largest absolute Gasteiger partial charge is 0.497 e. The first-order valence-electron chi connectivity index (χ1n) is 8.99. The van der Waals surface area contributed by atoms with Gasteiger partial charge in [-0.05, 0) is 69.3 Å². The second-order valence-corrected chi connectivity index (χ2v) is 10.4. The number of nitrogens with one attached hydrogen (secondary N) is 1. The lowest BCUT2D eigenvalue weighted by atomic mass is 10.1. The Morgan fingerprint density at radius 2 is 1.69 bits per heavy atom. The van der Waals surface area contributed by atoms with E-state index in [0.29, 0.717) is 10.7 Å². The topological polar surface area (TPSA) is 85.4 Å². The van der Waals surface area contributed by atoms with Crippen molar-refractivity contribution >= 4 is 32.2 Å².